The summed E-state index contributed by atoms with van der Waals surface area (Å²) in [7, 11) is -3.81. The minimum Gasteiger partial charge on any atom is -0.357 e. The number of benzene rings is 1. The average molecular weight is 545 g/mol. The van der Waals surface area contributed by atoms with Crippen molar-refractivity contribution in [3.8, 4) is 0 Å². The maximum atomic E-state index is 12.2. The van der Waals surface area contributed by atoms with Crippen molar-refractivity contribution in [2.75, 3.05) is 38.2 Å². The van der Waals surface area contributed by atoms with Gasteiger partial charge >= 0.3 is 0 Å². The molecule has 0 aliphatic carbocycles. The molecule has 1 aromatic carbocycles. The molecule has 0 saturated heterocycles. The molecule has 1 aromatic rings. The average Bonchev–Trinajstić information content (AvgIpc) is 2.65. The fourth-order valence-corrected chi connectivity index (χ4v) is 3.67. The molecule has 0 spiro atoms. The minimum absolute atomic E-state index is 0. The molecule has 0 amide bonds. The number of nitrogens with one attached hydrogen (secondary N) is 3. The van der Waals surface area contributed by atoms with Gasteiger partial charge < -0.3 is 10.6 Å². The number of nitro groups is 1. The van der Waals surface area contributed by atoms with E-state index < -0.39 is 14.9 Å². The molecule has 0 aliphatic rings. The van der Waals surface area contributed by atoms with Crippen molar-refractivity contribution in [3.63, 3.8) is 0 Å². The van der Waals surface area contributed by atoms with E-state index in [1.165, 1.54) is 18.2 Å². The van der Waals surface area contributed by atoms with E-state index in [9.17, 15) is 18.5 Å². The Morgan fingerprint density at radius 1 is 1.25 bits per heavy atom. The van der Waals surface area contributed by atoms with Crippen molar-refractivity contribution in [1.82, 2.24) is 15.4 Å². The molecule has 0 fully saturated rings. The molecule has 0 aliphatic heterocycles. The number of halogens is 1. The molecule has 0 saturated carbocycles. The van der Waals surface area contributed by atoms with Gasteiger partial charge in [0.2, 0.25) is 10.0 Å². The number of rotatable bonds is 12. The van der Waals surface area contributed by atoms with Crippen molar-refractivity contribution in [1.29, 1.82) is 0 Å². The Morgan fingerprint density at radius 2 is 2.00 bits per heavy atom. The number of thioether (sulfide) groups is 1. The van der Waals surface area contributed by atoms with Crippen molar-refractivity contribution in [2.24, 2.45) is 4.99 Å². The minimum atomic E-state index is -3.81. The van der Waals surface area contributed by atoms with Crippen LogP contribution in [0.3, 0.4) is 0 Å². The number of sulfonamides is 1. The molecule has 1 rings (SSSR count). The van der Waals surface area contributed by atoms with Gasteiger partial charge in [-0.05, 0) is 37.8 Å². The van der Waals surface area contributed by atoms with Gasteiger partial charge in [0.05, 0.1) is 9.82 Å². The molecule has 0 bridgehead atoms. The van der Waals surface area contributed by atoms with Crippen LogP contribution in [0.5, 0.6) is 0 Å². The third-order valence-corrected chi connectivity index (χ3v) is 5.57. The van der Waals surface area contributed by atoms with E-state index in [0.29, 0.717) is 25.6 Å². The first-order valence-electron chi connectivity index (χ1n) is 8.66. The third-order valence-electron chi connectivity index (χ3n) is 3.42. The largest absolute Gasteiger partial charge is 0.357 e. The predicted octanol–water partition coefficient (Wildman–Crippen LogP) is 2.19. The number of nitro benzene ring substituents is 1. The van der Waals surface area contributed by atoms with E-state index in [1.807, 2.05) is 18.7 Å². The number of non-ortho nitro benzene ring substituents is 1. The van der Waals surface area contributed by atoms with Crippen molar-refractivity contribution in [2.45, 2.75) is 24.7 Å². The maximum absolute atomic E-state index is 12.2. The second kappa shape index (κ2) is 14.8. The monoisotopic (exact) mass is 545 g/mol. The Kier molecular flexibility index (Phi) is 14.2. The van der Waals surface area contributed by atoms with Gasteiger partial charge in [0.1, 0.15) is 0 Å². The summed E-state index contributed by atoms with van der Waals surface area (Å²) >= 11 is 1.81. The highest BCUT2D eigenvalue weighted by Crippen LogP contribution is 2.16. The summed E-state index contributed by atoms with van der Waals surface area (Å²) in [6.07, 6.45) is 4.17. The zero-order chi connectivity index (χ0) is 20.1. The van der Waals surface area contributed by atoms with Crippen molar-refractivity contribution in [3.05, 3.63) is 34.4 Å². The highest BCUT2D eigenvalue weighted by molar-refractivity contribution is 14.0. The van der Waals surface area contributed by atoms with E-state index in [1.54, 1.807) is 0 Å². The lowest BCUT2D eigenvalue weighted by molar-refractivity contribution is -0.385. The van der Waals surface area contributed by atoms with Crippen LogP contribution in [-0.2, 0) is 10.0 Å². The number of hydrogen-bond donors (Lipinski definition) is 3. The van der Waals surface area contributed by atoms with Gasteiger partial charge in [-0.25, -0.2) is 13.1 Å². The Bertz CT molecular complexity index is 731. The van der Waals surface area contributed by atoms with Gasteiger partial charge in [0, 0.05) is 38.3 Å². The van der Waals surface area contributed by atoms with Gasteiger partial charge in [-0.3, -0.25) is 15.1 Å². The SMILES string of the molecule is CCNC(=NCCCCSC)NCCNS(=O)(=O)c1cccc([N+](=O)[O-])c1.I. The summed E-state index contributed by atoms with van der Waals surface area (Å²) in [4.78, 5) is 14.5. The molecule has 12 heteroatoms. The van der Waals surface area contributed by atoms with Crippen LogP contribution < -0.4 is 15.4 Å². The number of nitrogens with zero attached hydrogens (tertiary/aromatic N) is 2. The smallest absolute Gasteiger partial charge is 0.270 e. The summed E-state index contributed by atoms with van der Waals surface area (Å²) in [5.74, 6) is 1.75. The van der Waals surface area contributed by atoms with E-state index in [4.69, 9.17) is 0 Å². The lowest BCUT2D eigenvalue weighted by Gasteiger charge is -2.12. The first kappa shape index (κ1) is 26.9. The summed E-state index contributed by atoms with van der Waals surface area (Å²) in [5, 5.41) is 16.9. The summed E-state index contributed by atoms with van der Waals surface area (Å²) in [6.45, 7) is 3.83. The molecule has 0 heterocycles. The van der Waals surface area contributed by atoms with E-state index in [2.05, 4.69) is 26.6 Å². The van der Waals surface area contributed by atoms with Crippen LogP contribution in [-0.4, -0.2) is 57.5 Å². The van der Waals surface area contributed by atoms with Gasteiger partial charge in [0.25, 0.3) is 5.69 Å². The van der Waals surface area contributed by atoms with Crippen LogP contribution in [0.2, 0.25) is 0 Å². The fourth-order valence-electron chi connectivity index (χ4n) is 2.10. The van der Waals surface area contributed by atoms with Gasteiger partial charge in [0.15, 0.2) is 5.96 Å². The first-order chi connectivity index (χ1) is 12.9. The molecule has 0 radical (unpaired) electrons. The zero-order valence-electron chi connectivity index (χ0n) is 16.0. The highest BCUT2D eigenvalue weighted by atomic mass is 127. The van der Waals surface area contributed by atoms with Crippen LogP contribution in [0, 0.1) is 10.1 Å². The molecule has 9 nitrogen and oxygen atoms in total. The molecule has 0 atom stereocenters. The first-order valence-corrected chi connectivity index (χ1v) is 11.5. The zero-order valence-corrected chi connectivity index (χ0v) is 20.0. The predicted molar refractivity (Wildman–Crippen MR) is 125 cm³/mol. The van der Waals surface area contributed by atoms with Crippen molar-refractivity contribution >= 4 is 57.4 Å². The fraction of sp³-hybridized carbons (Fsp3) is 0.562. The number of unbranched alkanes of at least 4 members (excludes halogenated alkanes) is 1. The second-order valence-electron chi connectivity index (χ2n) is 5.54. The Labute approximate surface area is 187 Å². The van der Waals surface area contributed by atoms with Crippen molar-refractivity contribution < 1.29 is 13.3 Å². The third kappa shape index (κ3) is 10.4. The van der Waals surface area contributed by atoms with Gasteiger partial charge in [-0.15, -0.1) is 24.0 Å². The van der Waals surface area contributed by atoms with Gasteiger partial charge in [-0.1, -0.05) is 6.07 Å². The maximum Gasteiger partial charge on any atom is 0.270 e. The lowest BCUT2D eigenvalue weighted by atomic mass is 10.3. The van der Waals surface area contributed by atoms with Crippen LogP contribution >= 0.6 is 35.7 Å². The summed E-state index contributed by atoms with van der Waals surface area (Å²) in [5.41, 5.74) is -0.265. The van der Waals surface area contributed by atoms with Crippen LogP contribution in [0.4, 0.5) is 5.69 Å². The standard InChI is InChI=1S/C16H27N5O4S2.HI/c1-3-17-16(18-9-4-5-12-26-2)19-10-11-20-27(24,25)15-8-6-7-14(13-15)21(22)23;/h6-8,13,20H,3-5,9-12H2,1-2H3,(H2,17,18,19);1H. The normalized spacial score (nSPS) is 11.6. The molecule has 0 unspecified atom stereocenters. The molecule has 28 heavy (non-hydrogen) atoms. The summed E-state index contributed by atoms with van der Waals surface area (Å²) < 4.78 is 26.9. The van der Waals surface area contributed by atoms with Crippen LogP contribution in [0.1, 0.15) is 19.8 Å². The van der Waals surface area contributed by atoms with E-state index >= 15 is 0 Å². The summed E-state index contributed by atoms with van der Waals surface area (Å²) in [6, 6.07) is 4.95. The Balaban J connectivity index is 0.00000729. The Hall–Kier alpha value is -1.12. The molecule has 0 aromatic heterocycles. The molecule has 160 valence electrons. The quantitative estimate of drug-likeness (QED) is 0.0919. The lowest BCUT2D eigenvalue weighted by Crippen LogP contribution is -2.41. The van der Waals surface area contributed by atoms with Gasteiger partial charge in [-0.2, -0.15) is 11.8 Å². The number of hydrogen-bond acceptors (Lipinski definition) is 6. The Morgan fingerprint density at radius 3 is 2.64 bits per heavy atom. The second-order valence-corrected chi connectivity index (χ2v) is 8.29. The van der Waals surface area contributed by atoms with Crippen LogP contribution in [0.15, 0.2) is 34.2 Å². The van der Waals surface area contributed by atoms with E-state index in [-0.39, 0.29) is 41.1 Å². The van der Waals surface area contributed by atoms with Crippen LogP contribution in [0.25, 0.3) is 0 Å². The highest BCUT2D eigenvalue weighted by Gasteiger charge is 2.16. The number of guanidine groups is 1. The van der Waals surface area contributed by atoms with E-state index in [0.717, 1.165) is 24.7 Å². The molecular weight excluding hydrogens is 517 g/mol. The molecular formula is C16H28IN5O4S2. The molecule has 3 N–H and O–H groups in total. The number of aliphatic imine (C=N–C) groups is 1. The topological polar surface area (TPSA) is 126 Å².